The van der Waals surface area contributed by atoms with Gasteiger partial charge in [0.15, 0.2) is 0 Å². The standard InChI is InChI=1S/C21H29NSi/c1-14-15(2)20(23(6,7)22-21(3,4)5)19-17(14)13-12-16-10-8-9-11-18(16)19/h8-13,20,22H,1-7H3. The van der Waals surface area contributed by atoms with Gasteiger partial charge < -0.3 is 4.98 Å². The van der Waals surface area contributed by atoms with Crippen molar-refractivity contribution in [2.24, 2.45) is 0 Å². The largest absolute Gasteiger partial charge is 0.332 e. The summed E-state index contributed by atoms with van der Waals surface area (Å²) in [5, 5.41) is 2.79. The van der Waals surface area contributed by atoms with Crippen molar-refractivity contribution in [3.63, 3.8) is 0 Å². The van der Waals surface area contributed by atoms with Gasteiger partial charge >= 0.3 is 0 Å². The van der Waals surface area contributed by atoms with Gasteiger partial charge in [-0.2, -0.15) is 0 Å². The van der Waals surface area contributed by atoms with E-state index in [1.165, 1.54) is 21.9 Å². The molecule has 1 atom stereocenters. The Morgan fingerprint density at radius 2 is 1.61 bits per heavy atom. The third kappa shape index (κ3) is 2.79. The molecule has 0 amide bonds. The van der Waals surface area contributed by atoms with E-state index >= 15 is 0 Å². The van der Waals surface area contributed by atoms with Gasteiger partial charge in [0.25, 0.3) is 0 Å². The highest BCUT2D eigenvalue weighted by molar-refractivity contribution is 6.77. The Kier molecular flexibility index (Phi) is 3.81. The van der Waals surface area contributed by atoms with Crippen molar-refractivity contribution in [2.45, 2.75) is 58.8 Å². The van der Waals surface area contributed by atoms with Crippen LogP contribution in [0.1, 0.15) is 51.3 Å². The summed E-state index contributed by atoms with van der Waals surface area (Å²) in [6.45, 7) is 16.5. The zero-order chi connectivity index (χ0) is 17.0. The van der Waals surface area contributed by atoms with Crippen molar-refractivity contribution < 1.29 is 0 Å². The van der Waals surface area contributed by atoms with Crippen LogP contribution < -0.4 is 4.98 Å². The van der Waals surface area contributed by atoms with Gasteiger partial charge in [-0.1, -0.05) is 55.1 Å². The summed E-state index contributed by atoms with van der Waals surface area (Å²) in [5.41, 5.74) is 6.76. The van der Waals surface area contributed by atoms with Crippen LogP contribution in [0.3, 0.4) is 0 Å². The minimum Gasteiger partial charge on any atom is -0.332 e. The summed E-state index contributed by atoms with van der Waals surface area (Å²) in [6, 6.07) is 13.5. The summed E-state index contributed by atoms with van der Waals surface area (Å²) in [4.78, 5) is 4.00. The Hall–Kier alpha value is -1.38. The molecule has 0 fully saturated rings. The topological polar surface area (TPSA) is 12.0 Å². The van der Waals surface area contributed by atoms with Crippen molar-refractivity contribution in [3.05, 3.63) is 53.1 Å². The van der Waals surface area contributed by atoms with Gasteiger partial charge in [0, 0.05) is 11.1 Å². The van der Waals surface area contributed by atoms with Gasteiger partial charge in [-0.05, 0) is 62.1 Å². The van der Waals surface area contributed by atoms with E-state index in [1.807, 2.05) is 0 Å². The minimum atomic E-state index is -1.69. The third-order valence-electron chi connectivity index (χ3n) is 5.11. The summed E-state index contributed by atoms with van der Waals surface area (Å²) in [6.07, 6.45) is 0. The van der Waals surface area contributed by atoms with Crippen LogP contribution in [-0.2, 0) is 0 Å². The maximum absolute atomic E-state index is 4.00. The van der Waals surface area contributed by atoms with Crippen molar-refractivity contribution in [3.8, 4) is 0 Å². The van der Waals surface area contributed by atoms with Crippen LogP contribution in [0, 0.1) is 0 Å². The first-order valence-electron chi connectivity index (χ1n) is 8.60. The second-order valence-corrected chi connectivity index (χ2v) is 12.9. The second kappa shape index (κ2) is 5.32. The van der Waals surface area contributed by atoms with E-state index in [-0.39, 0.29) is 5.54 Å². The molecule has 2 heteroatoms. The monoisotopic (exact) mass is 323 g/mol. The predicted octanol–water partition coefficient (Wildman–Crippen LogP) is 5.86. The normalized spacial score (nSPS) is 18.7. The molecule has 2 aromatic carbocycles. The summed E-state index contributed by atoms with van der Waals surface area (Å²) in [7, 11) is -1.69. The van der Waals surface area contributed by atoms with Gasteiger partial charge in [0.2, 0.25) is 0 Å². The number of nitrogens with one attached hydrogen (secondary N) is 1. The first-order chi connectivity index (χ1) is 10.6. The lowest BCUT2D eigenvalue weighted by atomic mass is 9.98. The van der Waals surface area contributed by atoms with Crippen molar-refractivity contribution in [1.82, 2.24) is 4.98 Å². The van der Waals surface area contributed by atoms with Gasteiger partial charge in [-0.25, -0.2) is 0 Å². The number of hydrogen-bond donors (Lipinski definition) is 1. The Labute approximate surface area is 141 Å². The molecular weight excluding hydrogens is 294 g/mol. The molecule has 0 radical (unpaired) electrons. The summed E-state index contributed by atoms with van der Waals surface area (Å²) < 4.78 is 0. The van der Waals surface area contributed by atoms with Crippen LogP contribution in [-0.4, -0.2) is 13.8 Å². The quantitative estimate of drug-likeness (QED) is 0.682. The fourth-order valence-corrected chi connectivity index (χ4v) is 8.93. The number of allylic oxidation sites excluding steroid dienone is 2. The first-order valence-corrected chi connectivity index (χ1v) is 11.7. The van der Waals surface area contributed by atoms with Crippen molar-refractivity contribution in [1.29, 1.82) is 0 Å². The Morgan fingerprint density at radius 1 is 0.957 bits per heavy atom. The zero-order valence-corrected chi connectivity index (χ0v) is 16.5. The lowest BCUT2D eigenvalue weighted by molar-refractivity contribution is 0.508. The Morgan fingerprint density at radius 3 is 2.26 bits per heavy atom. The maximum Gasteiger partial charge on any atom is 0.131 e. The molecule has 1 unspecified atom stereocenters. The molecule has 0 heterocycles. The Bertz CT molecular complexity index is 793. The maximum atomic E-state index is 4.00. The van der Waals surface area contributed by atoms with E-state index < -0.39 is 8.24 Å². The molecular formula is C21H29NSi. The third-order valence-corrected chi connectivity index (χ3v) is 8.67. The average molecular weight is 324 g/mol. The average Bonchev–Trinajstić information content (AvgIpc) is 2.69. The first kappa shape index (κ1) is 16.5. The number of rotatable bonds is 2. The van der Waals surface area contributed by atoms with Crippen LogP contribution in [0.25, 0.3) is 16.3 Å². The predicted molar refractivity (Wildman–Crippen MR) is 105 cm³/mol. The molecule has 0 aliphatic heterocycles. The zero-order valence-electron chi connectivity index (χ0n) is 15.5. The molecule has 122 valence electrons. The molecule has 0 saturated carbocycles. The van der Waals surface area contributed by atoms with Gasteiger partial charge in [-0.3, -0.25) is 0 Å². The smallest absolute Gasteiger partial charge is 0.131 e. The lowest BCUT2D eigenvalue weighted by Crippen LogP contribution is -2.58. The number of hydrogen-bond acceptors (Lipinski definition) is 1. The van der Waals surface area contributed by atoms with E-state index in [2.05, 4.69) is 89.1 Å². The molecule has 1 N–H and O–H groups in total. The van der Waals surface area contributed by atoms with Gasteiger partial charge in [-0.15, -0.1) is 0 Å². The van der Waals surface area contributed by atoms with Crippen LogP contribution >= 0.6 is 0 Å². The van der Waals surface area contributed by atoms with E-state index in [9.17, 15) is 0 Å². The number of fused-ring (bicyclic) bond motifs is 3. The Balaban J connectivity index is 2.23. The molecule has 0 spiro atoms. The van der Waals surface area contributed by atoms with Crippen molar-refractivity contribution in [2.75, 3.05) is 0 Å². The molecule has 1 nitrogen and oxygen atoms in total. The van der Waals surface area contributed by atoms with Crippen molar-refractivity contribution >= 4 is 24.6 Å². The molecule has 23 heavy (non-hydrogen) atoms. The van der Waals surface area contributed by atoms with E-state index in [1.54, 1.807) is 11.1 Å². The number of benzene rings is 2. The fourth-order valence-electron chi connectivity index (χ4n) is 4.52. The fraction of sp³-hybridized carbons (Fsp3) is 0.429. The minimum absolute atomic E-state index is 0.150. The highest BCUT2D eigenvalue weighted by Gasteiger charge is 2.42. The SMILES string of the molecule is CC1=C(C)C([Si](C)(C)NC(C)(C)C)c2c1ccc1ccccc21. The van der Waals surface area contributed by atoms with E-state index in [4.69, 9.17) is 0 Å². The summed E-state index contributed by atoms with van der Waals surface area (Å²) >= 11 is 0. The van der Waals surface area contributed by atoms with Crippen LogP contribution in [0.15, 0.2) is 42.0 Å². The second-order valence-electron chi connectivity index (χ2n) is 8.59. The molecule has 0 bridgehead atoms. The summed E-state index contributed by atoms with van der Waals surface area (Å²) in [5.74, 6) is 0. The van der Waals surface area contributed by atoms with E-state index in [0.717, 1.165) is 0 Å². The lowest BCUT2D eigenvalue weighted by Gasteiger charge is -2.39. The van der Waals surface area contributed by atoms with Gasteiger partial charge in [0.1, 0.15) is 8.24 Å². The molecule has 3 rings (SSSR count). The molecule has 1 aliphatic rings. The molecule has 0 aromatic heterocycles. The highest BCUT2D eigenvalue weighted by atomic mass is 28.3. The van der Waals surface area contributed by atoms with Crippen LogP contribution in [0.2, 0.25) is 13.1 Å². The molecule has 2 aromatic rings. The highest BCUT2D eigenvalue weighted by Crippen LogP contribution is 2.48. The van der Waals surface area contributed by atoms with E-state index in [0.29, 0.717) is 5.54 Å². The van der Waals surface area contributed by atoms with Crippen LogP contribution in [0.4, 0.5) is 0 Å². The van der Waals surface area contributed by atoms with Gasteiger partial charge in [0.05, 0.1) is 0 Å². The molecule has 1 aliphatic carbocycles. The van der Waals surface area contributed by atoms with Crippen LogP contribution in [0.5, 0.6) is 0 Å². The molecule has 0 saturated heterocycles.